The Bertz CT molecular complexity index is 1240. The van der Waals surface area contributed by atoms with Crippen LogP contribution in [0.25, 0.3) is 0 Å². The van der Waals surface area contributed by atoms with Gasteiger partial charge >= 0.3 is 5.97 Å². The molecule has 0 radical (unpaired) electrons. The van der Waals surface area contributed by atoms with Crippen LogP contribution in [0.15, 0.2) is 77.7 Å². The van der Waals surface area contributed by atoms with Crippen LogP contribution >= 0.6 is 0 Å². The first-order valence-corrected chi connectivity index (χ1v) is 10.8. The highest BCUT2D eigenvalue weighted by atomic mass is 32.2. The quantitative estimate of drug-likeness (QED) is 0.590. The number of carbonyl (C=O) groups excluding carboxylic acids is 2. The van der Waals surface area contributed by atoms with E-state index in [1.807, 2.05) is 19.1 Å². The van der Waals surface area contributed by atoms with Crippen molar-refractivity contribution in [1.82, 2.24) is 0 Å². The maximum Gasteiger partial charge on any atom is 0.339 e. The van der Waals surface area contributed by atoms with Gasteiger partial charge in [0.15, 0.2) is 0 Å². The zero-order valence-electron chi connectivity index (χ0n) is 17.3. The van der Waals surface area contributed by atoms with Gasteiger partial charge in [-0.05, 0) is 48.9 Å². The lowest BCUT2D eigenvalue weighted by Crippen LogP contribution is -2.27. The second kappa shape index (κ2) is 9.01. The van der Waals surface area contributed by atoms with Gasteiger partial charge in [0.1, 0.15) is 0 Å². The van der Waals surface area contributed by atoms with E-state index in [-0.39, 0.29) is 21.7 Å². The molecular weight excluding hydrogens is 416 g/mol. The van der Waals surface area contributed by atoms with Crippen LogP contribution in [0.2, 0.25) is 0 Å². The zero-order chi connectivity index (χ0) is 22.6. The van der Waals surface area contributed by atoms with E-state index in [9.17, 15) is 18.0 Å². The third kappa shape index (κ3) is 4.59. The molecule has 0 saturated heterocycles. The van der Waals surface area contributed by atoms with Crippen LogP contribution in [-0.4, -0.2) is 34.5 Å². The Morgan fingerprint density at radius 2 is 1.61 bits per heavy atom. The van der Waals surface area contributed by atoms with Crippen LogP contribution in [-0.2, 0) is 14.8 Å². The summed E-state index contributed by atoms with van der Waals surface area (Å²) in [6.07, 6.45) is 0. The number of hydrogen-bond donors (Lipinski definition) is 1. The monoisotopic (exact) mass is 438 g/mol. The maximum atomic E-state index is 13.1. The molecule has 0 aromatic heterocycles. The molecular formula is C23H22N2O5S. The summed E-state index contributed by atoms with van der Waals surface area (Å²) in [5.74, 6) is -1.14. The second-order valence-corrected chi connectivity index (χ2v) is 8.75. The van der Waals surface area contributed by atoms with Gasteiger partial charge in [-0.25, -0.2) is 13.2 Å². The van der Waals surface area contributed by atoms with Gasteiger partial charge in [-0.1, -0.05) is 36.4 Å². The first-order valence-electron chi connectivity index (χ1n) is 9.39. The lowest BCUT2D eigenvalue weighted by atomic mass is 10.1. The molecule has 3 aromatic carbocycles. The first-order chi connectivity index (χ1) is 14.8. The molecule has 7 nitrogen and oxygen atoms in total. The van der Waals surface area contributed by atoms with Crippen LogP contribution in [0.3, 0.4) is 0 Å². The molecule has 0 fully saturated rings. The molecule has 0 aliphatic carbocycles. The van der Waals surface area contributed by atoms with Crippen LogP contribution in [0.1, 0.15) is 26.3 Å². The van der Waals surface area contributed by atoms with Crippen LogP contribution in [0.4, 0.5) is 11.4 Å². The summed E-state index contributed by atoms with van der Waals surface area (Å²) in [6.45, 7) is 1.82. The van der Waals surface area contributed by atoms with Gasteiger partial charge in [0.25, 0.3) is 15.9 Å². The van der Waals surface area contributed by atoms with Gasteiger partial charge in [-0.15, -0.1) is 0 Å². The van der Waals surface area contributed by atoms with E-state index in [1.165, 1.54) is 48.8 Å². The highest BCUT2D eigenvalue weighted by Crippen LogP contribution is 2.26. The fraction of sp³-hybridized carbons (Fsp3) is 0.130. The molecule has 160 valence electrons. The number of anilines is 2. The molecule has 1 N–H and O–H groups in total. The first kappa shape index (κ1) is 22.0. The van der Waals surface area contributed by atoms with Crippen molar-refractivity contribution < 1.29 is 22.7 Å². The van der Waals surface area contributed by atoms with E-state index in [0.29, 0.717) is 5.69 Å². The van der Waals surface area contributed by atoms with Gasteiger partial charge in [-0.3, -0.25) is 9.10 Å². The lowest BCUT2D eigenvalue weighted by Gasteiger charge is -2.21. The van der Waals surface area contributed by atoms with E-state index < -0.39 is 21.9 Å². The Morgan fingerprint density at radius 3 is 2.32 bits per heavy atom. The highest BCUT2D eigenvalue weighted by Gasteiger charge is 2.23. The number of ether oxygens (including phenoxy) is 1. The number of aryl methyl sites for hydroxylation is 1. The molecule has 3 rings (SSSR count). The number of rotatable bonds is 6. The zero-order valence-corrected chi connectivity index (χ0v) is 18.1. The normalized spacial score (nSPS) is 10.9. The Labute approximate surface area is 181 Å². The highest BCUT2D eigenvalue weighted by molar-refractivity contribution is 7.92. The minimum Gasteiger partial charge on any atom is -0.465 e. The predicted octanol–water partition coefficient (Wildman–Crippen LogP) is 3.86. The van der Waals surface area contributed by atoms with Crippen molar-refractivity contribution in [3.05, 3.63) is 89.5 Å². The second-order valence-electron chi connectivity index (χ2n) is 6.78. The standard InChI is InChI=1S/C23H22N2O5S/c1-16-9-4-7-14-21(16)25(2)31(28,29)18-11-8-10-17(15-18)22(26)24-20-13-6-5-12-19(20)23(27)30-3/h4-15H,1-3H3,(H,24,26). The number of esters is 1. The Hall–Kier alpha value is -3.65. The Kier molecular flexibility index (Phi) is 6.41. The van der Waals surface area contributed by atoms with Crippen LogP contribution < -0.4 is 9.62 Å². The van der Waals surface area contributed by atoms with Crippen molar-refractivity contribution in [2.75, 3.05) is 23.8 Å². The average molecular weight is 439 g/mol. The number of methoxy groups -OCH3 is 1. The van der Waals surface area contributed by atoms with Crippen molar-refractivity contribution in [2.45, 2.75) is 11.8 Å². The minimum atomic E-state index is -3.89. The number of sulfonamides is 1. The largest absolute Gasteiger partial charge is 0.465 e. The van der Waals surface area contributed by atoms with Gasteiger partial charge in [-0.2, -0.15) is 0 Å². The number of nitrogens with zero attached hydrogens (tertiary/aromatic N) is 1. The summed E-state index contributed by atoms with van der Waals surface area (Å²) in [7, 11) is -1.17. The summed E-state index contributed by atoms with van der Waals surface area (Å²) in [6, 6.07) is 19.3. The van der Waals surface area contributed by atoms with Gasteiger partial charge in [0.2, 0.25) is 0 Å². The SMILES string of the molecule is COC(=O)c1ccccc1NC(=O)c1cccc(S(=O)(=O)N(C)c2ccccc2C)c1. The van der Waals surface area contributed by atoms with Crippen LogP contribution in [0, 0.1) is 6.92 Å². The fourth-order valence-corrected chi connectivity index (χ4v) is 4.38. The molecule has 0 spiro atoms. The minimum absolute atomic E-state index is 0.0212. The summed E-state index contributed by atoms with van der Waals surface area (Å²) in [5, 5.41) is 2.64. The summed E-state index contributed by atoms with van der Waals surface area (Å²) in [4.78, 5) is 24.7. The number of amides is 1. The number of hydrogen-bond acceptors (Lipinski definition) is 5. The lowest BCUT2D eigenvalue weighted by molar-refractivity contribution is 0.0602. The topological polar surface area (TPSA) is 92.8 Å². The summed E-state index contributed by atoms with van der Waals surface area (Å²) >= 11 is 0. The van der Waals surface area contributed by atoms with E-state index in [4.69, 9.17) is 4.74 Å². The Morgan fingerprint density at radius 1 is 0.935 bits per heavy atom. The molecule has 0 bridgehead atoms. The van der Waals surface area contributed by atoms with E-state index in [0.717, 1.165) is 5.56 Å². The van der Waals surface area contributed by atoms with E-state index in [2.05, 4.69) is 5.32 Å². The van der Waals surface area contributed by atoms with Gasteiger partial charge < -0.3 is 10.1 Å². The third-order valence-corrected chi connectivity index (χ3v) is 6.56. The fourth-order valence-electron chi connectivity index (χ4n) is 3.08. The van der Waals surface area contributed by atoms with Crippen molar-refractivity contribution in [3.8, 4) is 0 Å². The average Bonchev–Trinajstić information content (AvgIpc) is 2.78. The molecule has 1 amide bonds. The molecule has 0 saturated carbocycles. The Balaban J connectivity index is 1.91. The molecule has 0 aliphatic rings. The van der Waals surface area contributed by atoms with Crippen LogP contribution in [0.5, 0.6) is 0 Å². The maximum absolute atomic E-state index is 13.1. The van der Waals surface area contributed by atoms with E-state index >= 15 is 0 Å². The number of para-hydroxylation sites is 2. The third-order valence-electron chi connectivity index (χ3n) is 4.79. The van der Waals surface area contributed by atoms with Crippen molar-refractivity contribution in [3.63, 3.8) is 0 Å². The number of nitrogens with one attached hydrogen (secondary N) is 1. The summed E-state index contributed by atoms with van der Waals surface area (Å²) in [5.41, 5.74) is 1.95. The van der Waals surface area contributed by atoms with Gasteiger partial charge in [0.05, 0.1) is 28.9 Å². The summed E-state index contributed by atoms with van der Waals surface area (Å²) < 4.78 is 32.2. The van der Waals surface area contributed by atoms with Crippen molar-refractivity contribution >= 4 is 33.3 Å². The molecule has 31 heavy (non-hydrogen) atoms. The molecule has 3 aromatic rings. The van der Waals surface area contributed by atoms with Crippen molar-refractivity contribution in [2.24, 2.45) is 0 Å². The molecule has 0 unspecified atom stereocenters. The molecule has 0 aliphatic heterocycles. The molecule has 0 atom stereocenters. The molecule has 8 heteroatoms. The van der Waals surface area contributed by atoms with Gasteiger partial charge in [0, 0.05) is 12.6 Å². The molecule has 0 heterocycles. The van der Waals surface area contributed by atoms with Crippen molar-refractivity contribution in [1.29, 1.82) is 0 Å². The smallest absolute Gasteiger partial charge is 0.339 e. The number of benzene rings is 3. The van der Waals surface area contributed by atoms with E-state index in [1.54, 1.807) is 30.3 Å². The predicted molar refractivity (Wildman–Crippen MR) is 119 cm³/mol. The number of carbonyl (C=O) groups is 2.